The average Bonchev–Trinajstić information content (AvgIpc) is 2.48. The van der Waals surface area contributed by atoms with Crippen molar-refractivity contribution in [1.29, 1.82) is 0 Å². The molecule has 0 spiro atoms. The number of carbonyl (C=O) groups excluding carboxylic acids is 1. The fraction of sp³-hybridized carbons (Fsp3) is 0.462. The van der Waals surface area contributed by atoms with Gasteiger partial charge in [0.1, 0.15) is 0 Å². The lowest BCUT2D eigenvalue weighted by molar-refractivity contribution is -0.147. The van der Waals surface area contributed by atoms with Crippen molar-refractivity contribution in [3.8, 4) is 0 Å². The Morgan fingerprint density at radius 3 is 2.90 bits per heavy atom. The van der Waals surface area contributed by atoms with Crippen LogP contribution >= 0.6 is 0 Å². The largest absolute Gasteiger partial charge is 0.444 e. The molecule has 1 aliphatic heterocycles. The minimum Gasteiger partial charge on any atom is -0.444 e. The summed E-state index contributed by atoms with van der Waals surface area (Å²) in [5.41, 5.74) is 9.37. The topological polar surface area (TPSA) is 98.5 Å². The maximum Gasteiger partial charge on any atom is 0.294 e. The number of hydrogen-bond acceptors (Lipinski definition) is 5. The Morgan fingerprint density at radius 1 is 1.50 bits per heavy atom. The first-order chi connectivity index (χ1) is 9.76. The molecule has 0 aromatic heterocycles. The molecule has 0 amide bonds. The van der Waals surface area contributed by atoms with Crippen LogP contribution in [0.1, 0.15) is 18.2 Å². The Balaban J connectivity index is 2.17. The maximum atomic E-state index is 10.7. The first-order valence-electron chi connectivity index (χ1n) is 6.36. The summed E-state index contributed by atoms with van der Waals surface area (Å²) >= 11 is 0. The van der Waals surface area contributed by atoms with Crippen LogP contribution in [0.25, 0.3) is 10.4 Å². The second kappa shape index (κ2) is 6.91. The van der Waals surface area contributed by atoms with E-state index in [1.165, 1.54) is 0 Å². The molecule has 1 heterocycles. The normalized spacial score (nSPS) is 24.4. The molecule has 0 aliphatic carbocycles. The highest BCUT2D eigenvalue weighted by Crippen LogP contribution is 2.26. The third-order valence-corrected chi connectivity index (χ3v) is 3.38. The van der Waals surface area contributed by atoms with Gasteiger partial charge in [-0.25, -0.2) is 0 Å². The first-order valence-corrected chi connectivity index (χ1v) is 6.36. The predicted molar refractivity (Wildman–Crippen MR) is 71.5 cm³/mol. The van der Waals surface area contributed by atoms with Gasteiger partial charge >= 0.3 is 0 Å². The SMILES string of the molecule is [N-]=[N+]=NC1CN(C(OC=O)c2ccccc2)CCC1O. The van der Waals surface area contributed by atoms with Gasteiger partial charge in [-0.05, 0) is 12.0 Å². The van der Waals surface area contributed by atoms with E-state index < -0.39 is 18.4 Å². The number of piperidine rings is 1. The van der Waals surface area contributed by atoms with Crippen LogP contribution in [0.4, 0.5) is 0 Å². The van der Waals surface area contributed by atoms with Crippen molar-refractivity contribution < 1.29 is 14.6 Å². The van der Waals surface area contributed by atoms with Gasteiger partial charge < -0.3 is 9.84 Å². The highest BCUT2D eigenvalue weighted by molar-refractivity contribution is 5.38. The Labute approximate surface area is 116 Å². The number of carbonyl (C=O) groups is 1. The molecule has 1 aliphatic rings. The number of benzene rings is 1. The van der Waals surface area contributed by atoms with Crippen LogP contribution in [0.15, 0.2) is 35.4 Å². The molecule has 1 aromatic carbocycles. The lowest BCUT2D eigenvalue weighted by atomic mass is 10.0. The maximum absolute atomic E-state index is 10.7. The lowest BCUT2D eigenvalue weighted by Crippen LogP contribution is -2.47. The molecular weight excluding hydrogens is 260 g/mol. The van der Waals surface area contributed by atoms with Gasteiger partial charge in [0, 0.05) is 23.6 Å². The summed E-state index contributed by atoms with van der Waals surface area (Å²) in [4.78, 5) is 15.4. The Bertz CT molecular complexity index is 490. The van der Waals surface area contributed by atoms with E-state index >= 15 is 0 Å². The van der Waals surface area contributed by atoms with E-state index in [1.807, 2.05) is 35.2 Å². The zero-order valence-electron chi connectivity index (χ0n) is 10.9. The monoisotopic (exact) mass is 276 g/mol. The molecular formula is C13H16N4O3. The summed E-state index contributed by atoms with van der Waals surface area (Å²) < 4.78 is 5.16. The molecule has 20 heavy (non-hydrogen) atoms. The molecule has 2 rings (SSSR count). The lowest BCUT2D eigenvalue weighted by Gasteiger charge is -2.37. The molecule has 1 aromatic rings. The molecule has 7 nitrogen and oxygen atoms in total. The highest BCUT2D eigenvalue weighted by Gasteiger charge is 2.32. The first kappa shape index (κ1) is 14.3. The van der Waals surface area contributed by atoms with Gasteiger partial charge in [0.05, 0.1) is 12.1 Å². The number of nitrogens with zero attached hydrogens (tertiary/aromatic N) is 4. The van der Waals surface area contributed by atoms with E-state index in [-0.39, 0.29) is 0 Å². The summed E-state index contributed by atoms with van der Waals surface area (Å²) in [7, 11) is 0. The van der Waals surface area contributed by atoms with Gasteiger partial charge in [0.15, 0.2) is 6.23 Å². The molecule has 1 saturated heterocycles. The number of likely N-dealkylation sites (tertiary alicyclic amines) is 1. The summed E-state index contributed by atoms with van der Waals surface area (Å²) in [6.45, 7) is 1.32. The Kier molecular flexibility index (Phi) is 4.95. The van der Waals surface area contributed by atoms with Crippen LogP contribution in [-0.2, 0) is 9.53 Å². The number of hydrogen-bond donors (Lipinski definition) is 1. The number of aliphatic hydroxyl groups is 1. The number of aliphatic hydroxyl groups excluding tert-OH is 1. The summed E-state index contributed by atoms with van der Waals surface area (Å²) in [6, 6.07) is 8.80. The predicted octanol–water partition coefficient (Wildman–Crippen LogP) is 1.60. The van der Waals surface area contributed by atoms with Crippen molar-refractivity contribution in [2.45, 2.75) is 24.8 Å². The van der Waals surface area contributed by atoms with Gasteiger partial charge in [0.25, 0.3) is 6.47 Å². The molecule has 1 N–H and O–H groups in total. The van der Waals surface area contributed by atoms with Gasteiger partial charge in [-0.3, -0.25) is 9.69 Å². The van der Waals surface area contributed by atoms with E-state index in [0.29, 0.717) is 26.0 Å². The van der Waals surface area contributed by atoms with Crippen LogP contribution in [0.5, 0.6) is 0 Å². The molecule has 0 saturated carbocycles. The zero-order chi connectivity index (χ0) is 14.4. The van der Waals surface area contributed by atoms with E-state index in [9.17, 15) is 9.90 Å². The van der Waals surface area contributed by atoms with Crippen molar-refractivity contribution in [3.63, 3.8) is 0 Å². The summed E-state index contributed by atoms with van der Waals surface area (Å²) in [5, 5.41) is 13.4. The van der Waals surface area contributed by atoms with Crippen molar-refractivity contribution >= 4 is 6.47 Å². The van der Waals surface area contributed by atoms with Crippen LogP contribution in [-0.4, -0.2) is 41.7 Å². The smallest absolute Gasteiger partial charge is 0.294 e. The fourth-order valence-corrected chi connectivity index (χ4v) is 2.38. The van der Waals surface area contributed by atoms with Crippen LogP contribution < -0.4 is 0 Å². The molecule has 1 fully saturated rings. The van der Waals surface area contributed by atoms with Crippen molar-refractivity contribution in [2.75, 3.05) is 13.1 Å². The van der Waals surface area contributed by atoms with E-state index in [4.69, 9.17) is 10.3 Å². The quantitative estimate of drug-likeness (QED) is 0.382. The number of rotatable bonds is 5. The fourth-order valence-electron chi connectivity index (χ4n) is 2.38. The average molecular weight is 276 g/mol. The van der Waals surface area contributed by atoms with Crippen molar-refractivity contribution in [3.05, 3.63) is 46.3 Å². The second-order valence-corrected chi connectivity index (χ2v) is 4.62. The molecule has 106 valence electrons. The Morgan fingerprint density at radius 2 is 2.25 bits per heavy atom. The molecule has 7 heteroatoms. The Hall–Kier alpha value is -2.08. The van der Waals surface area contributed by atoms with Crippen molar-refractivity contribution in [1.82, 2.24) is 4.90 Å². The van der Waals surface area contributed by atoms with Gasteiger partial charge in [-0.1, -0.05) is 35.4 Å². The minimum absolute atomic E-state index is 0.346. The summed E-state index contributed by atoms with van der Waals surface area (Å²) in [6.07, 6.45) is -0.720. The second-order valence-electron chi connectivity index (χ2n) is 4.62. The van der Waals surface area contributed by atoms with Crippen molar-refractivity contribution in [2.24, 2.45) is 5.11 Å². The summed E-state index contributed by atoms with van der Waals surface area (Å²) in [5.74, 6) is 0. The highest BCUT2D eigenvalue weighted by atomic mass is 16.5. The van der Waals surface area contributed by atoms with Gasteiger partial charge in [0.2, 0.25) is 0 Å². The van der Waals surface area contributed by atoms with Gasteiger partial charge in [-0.2, -0.15) is 0 Å². The minimum atomic E-state index is -0.658. The van der Waals surface area contributed by atoms with E-state index in [0.717, 1.165) is 5.56 Å². The molecule has 3 unspecified atom stereocenters. The zero-order valence-corrected chi connectivity index (χ0v) is 10.9. The molecule has 3 atom stereocenters. The molecule has 0 radical (unpaired) electrons. The third-order valence-electron chi connectivity index (χ3n) is 3.38. The number of ether oxygens (including phenoxy) is 1. The van der Waals surface area contributed by atoms with Gasteiger partial charge in [-0.15, -0.1) is 0 Å². The third kappa shape index (κ3) is 3.27. The van der Waals surface area contributed by atoms with E-state index in [1.54, 1.807) is 0 Å². The van der Waals surface area contributed by atoms with Crippen LogP contribution in [0, 0.1) is 0 Å². The van der Waals surface area contributed by atoms with Crippen LogP contribution in [0.3, 0.4) is 0 Å². The van der Waals surface area contributed by atoms with Crippen LogP contribution in [0.2, 0.25) is 0 Å². The number of azide groups is 1. The molecule has 0 bridgehead atoms. The van der Waals surface area contributed by atoms with E-state index in [2.05, 4.69) is 10.0 Å². The standard InChI is InChI=1S/C13H16N4O3/c14-16-15-11-8-17(7-6-12(11)19)13(20-9-18)10-4-2-1-3-5-10/h1-5,9,11-13,19H,6-8H2.